The molecule has 4 aliphatic rings. The van der Waals surface area contributed by atoms with E-state index in [0.29, 0.717) is 11.9 Å². The quantitative estimate of drug-likeness (QED) is 0.742. The first kappa shape index (κ1) is 21.2. The second-order valence-electron chi connectivity index (χ2n) is 10.8. The molecule has 2 aliphatic carbocycles. The highest BCUT2D eigenvalue weighted by molar-refractivity contribution is 6.62. The lowest BCUT2D eigenvalue weighted by atomic mass is 9.65. The average Bonchev–Trinajstić information content (AvgIpc) is 3.24. The number of amidine groups is 1. The zero-order valence-electron chi connectivity index (χ0n) is 19.6. The summed E-state index contributed by atoms with van der Waals surface area (Å²) < 4.78 is 18.3. The van der Waals surface area contributed by atoms with Gasteiger partial charge in [0, 0.05) is 18.1 Å². The van der Waals surface area contributed by atoms with Crippen LogP contribution in [-0.2, 0) is 26.1 Å². The Labute approximate surface area is 185 Å². The minimum Gasteiger partial charge on any atom is -0.399 e. The van der Waals surface area contributed by atoms with Crippen LogP contribution < -0.4 is 11.2 Å². The topological polar surface area (TPSA) is 78.4 Å². The maximum Gasteiger partial charge on any atom is 0.494 e. The fourth-order valence-electron chi connectivity index (χ4n) is 5.81. The van der Waals surface area contributed by atoms with Crippen LogP contribution >= 0.6 is 0 Å². The molecule has 2 spiro atoms. The van der Waals surface area contributed by atoms with Crippen LogP contribution in [0.5, 0.6) is 0 Å². The van der Waals surface area contributed by atoms with Gasteiger partial charge in [0.1, 0.15) is 5.84 Å². The molecule has 2 aliphatic heterocycles. The Morgan fingerprint density at radius 3 is 2.26 bits per heavy atom. The minimum atomic E-state index is -0.644. The van der Waals surface area contributed by atoms with Crippen molar-refractivity contribution >= 4 is 24.1 Å². The van der Waals surface area contributed by atoms with E-state index in [1.807, 2.05) is 14.0 Å². The molecule has 0 bridgehead atoms. The Hall–Kier alpha value is -1.70. The lowest BCUT2D eigenvalue weighted by Crippen LogP contribution is -2.44. The molecule has 1 aromatic rings. The van der Waals surface area contributed by atoms with E-state index < -0.39 is 12.8 Å². The highest BCUT2D eigenvalue weighted by Gasteiger charge is 2.61. The predicted octanol–water partition coefficient (Wildman–Crippen LogP) is 3.10. The zero-order chi connectivity index (χ0) is 22.2. The van der Waals surface area contributed by atoms with Gasteiger partial charge in [0.05, 0.1) is 23.0 Å². The van der Waals surface area contributed by atoms with E-state index in [-0.39, 0.29) is 16.6 Å². The van der Waals surface area contributed by atoms with Gasteiger partial charge < -0.3 is 19.8 Å². The first-order valence-corrected chi connectivity index (χ1v) is 11.5. The molecule has 2 heterocycles. The van der Waals surface area contributed by atoms with Crippen LogP contribution in [0.1, 0.15) is 71.4 Å². The molecule has 1 saturated carbocycles. The summed E-state index contributed by atoms with van der Waals surface area (Å²) in [6.45, 7) is 10.3. The van der Waals surface area contributed by atoms with Crippen molar-refractivity contribution in [2.45, 2.75) is 89.7 Å². The summed E-state index contributed by atoms with van der Waals surface area (Å²) in [6.07, 6.45) is 5.40. The fraction of sp³-hybridized carbons (Fsp3) is 0.667. The van der Waals surface area contributed by atoms with Gasteiger partial charge in [-0.1, -0.05) is 18.2 Å². The van der Waals surface area contributed by atoms with E-state index in [2.05, 4.69) is 45.9 Å². The van der Waals surface area contributed by atoms with Gasteiger partial charge in [-0.25, -0.2) is 4.99 Å². The highest BCUT2D eigenvalue weighted by atomic mass is 16.7. The van der Waals surface area contributed by atoms with Crippen LogP contribution in [0.15, 0.2) is 28.2 Å². The third kappa shape index (κ3) is 2.89. The number of hydrogen-bond acceptors (Lipinski definition) is 6. The maximum absolute atomic E-state index is 6.33. The molecular formula is C24H34BN3O3. The highest BCUT2D eigenvalue weighted by Crippen LogP contribution is 2.61. The first-order valence-electron chi connectivity index (χ1n) is 11.5. The smallest absolute Gasteiger partial charge is 0.399 e. The Morgan fingerprint density at radius 2 is 1.71 bits per heavy atom. The standard InChI is InChI=1S/C24H34BN3O3/c1-15-20(26)28-24(27-15)19-13-17(25-30-21(2,3)22(4,5)31-25)8-7-16(19)14-23(24)11-9-18(29-6)10-12-23/h7-8,13,18H,9-12,14H2,1-6H3,(H2,26,28). The number of ether oxygens (including phenoxy) is 1. The maximum atomic E-state index is 6.33. The lowest BCUT2D eigenvalue weighted by Gasteiger charge is -2.44. The van der Waals surface area contributed by atoms with Crippen LogP contribution in [-0.4, -0.2) is 43.1 Å². The molecule has 1 aromatic carbocycles. The normalized spacial score (nSPS) is 35.5. The van der Waals surface area contributed by atoms with Crippen LogP contribution in [0.25, 0.3) is 0 Å². The van der Waals surface area contributed by atoms with Crippen molar-refractivity contribution in [3.63, 3.8) is 0 Å². The van der Waals surface area contributed by atoms with E-state index in [4.69, 9.17) is 29.8 Å². The van der Waals surface area contributed by atoms with Gasteiger partial charge in [0.25, 0.3) is 0 Å². The molecule has 7 heteroatoms. The lowest BCUT2D eigenvalue weighted by molar-refractivity contribution is -0.000369. The summed E-state index contributed by atoms with van der Waals surface area (Å²) in [4.78, 5) is 10.2. The number of fused-ring (bicyclic) bond motifs is 3. The first-order chi connectivity index (χ1) is 14.5. The van der Waals surface area contributed by atoms with Gasteiger partial charge in [0.2, 0.25) is 0 Å². The van der Waals surface area contributed by atoms with Crippen LogP contribution in [0.3, 0.4) is 0 Å². The van der Waals surface area contributed by atoms with E-state index in [1.54, 1.807) is 0 Å². The van der Waals surface area contributed by atoms with Crippen molar-refractivity contribution in [1.82, 2.24) is 0 Å². The van der Waals surface area contributed by atoms with Gasteiger partial charge in [-0.15, -0.1) is 0 Å². The van der Waals surface area contributed by atoms with Crippen LogP contribution in [0.4, 0.5) is 0 Å². The number of nitrogens with zero attached hydrogens (tertiary/aromatic N) is 2. The number of aliphatic imine (C=N–C) groups is 2. The van der Waals surface area contributed by atoms with Gasteiger partial charge in [-0.2, -0.15) is 0 Å². The van der Waals surface area contributed by atoms with Crippen molar-refractivity contribution in [2.24, 2.45) is 21.1 Å². The summed E-state index contributed by atoms with van der Waals surface area (Å²) in [6, 6.07) is 6.59. The molecule has 0 radical (unpaired) electrons. The summed E-state index contributed by atoms with van der Waals surface area (Å²) in [7, 11) is 1.41. The van der Waals surface area contributed by atoms with Crippen molar-refractivity contribution < 1.29 is 14.0 Å². The van der Waals surface area contributed by atoms with Crippen molar-refractivity contribution in [3.05, 3.63) is 29.3 Å². The summed E-state index contributed by atoms with van der Waals surface area (Å²) in [5.74, 6) is 0.558. The van der Waals surface area contributed by atoms with E-state index >= 15 is 0 Å². The molecule has 0 amide bonds. The Balaban J connectivity index is 1.58. The Kier molecular flexibility index (Phi) is 4.55. The second-order valence-corrected chi connectivity index (χ2v) is 10.8. The van der Waals surface area contributed by atoms with Gasteiger partial charge in [0.15, 0.2) is 5.66 Å². The van der Waals surface area contributed by atoms with E-state index in [1.165, 1.54) is 5.56 Å². The molecule has 0 aromatic heterocycles. The molecule has 31 heavy (non-hydrogen) atoms. The third-order valence-electron chi connectivity index (χ3n) is 8.51. The van der Waals surface area contributed by atoms with Crippen molar-refractivity contribution in [3.8, 4) is 0 Å². The second kappa shape index (κ2) is 6.66. The minimum absolute atomic E-state index is 0.0543. The summed E-state index contributed by atoms with van der Waals surface area (Å²) in [5, 5.41) is 0. The Morgan fingerprint density at radius 1 is 1.06 bits per heavy atom. The van der Waals surface area contributed by atoms with E-state index in [9.17, 15) is 0 Å². The molecule has 166 valence electrons. The van der Waals surface area contributed by atoms with Gasteiger partial charge in [-0.05, 0) is 77.7 Å². The Bertz CT molecular complexity index is 942. The molecule has 1 atom stereocenters. The van der Waals surface area contributed by atoms with Crippen LogP contribution in [0, 0.1) is 5.41 Å². The predicted molar refractivity (Wildman–Crippen MR) is 124 cm³/mol. The number of benzene rings is 1. The van der Waals surface area contributed by atoms with Crippen molar-refractivity contribution in [1.29, 1.82) is 0 Å². The summed E-state index contributed by atoms with van der Waals surface area (Å²) in [5.41, 5.74) is 9.19. The molecule has 1 unspecified atom stereocenters. The number of rotatable bonds is 2. The molecule has 5 rings (SSSR count). The monoisotopic (exact) mass is 423 g/mol. The summed E-state index contributed by atoms with van der Waals surface area (Å²) >= 11 is 0. The zero-order valence-corrected chi connectivity index (χ0v) is 19.6. The van der Waals surface area contributed by atoms with Gasteiger partial charge >= 0.3 is 7.12 Å². The molecule has 6 nitrogen and oxygen atoms in total. The molecule has 2 fully saturated rings. The molecular weight excluding hydrogens is 389 g/mol. The largest absolute Gasteiger partial charge is 0.494 e. The molecule has 2 N–H and O–H groups in total. The average molecular weight is 423 g/mol. The third-order valence-corrected chi connectivity index (χ3v) is 8.51. The van der Waals surface area contributed by atoms with Crippen LogP contribution in [0.2, 0.25) is 0 Å². The van der Waals surface area contributed by atoms with Gasteiger partial charge in [-0.3, -0.25) is 4.99 Å². The molecule has 1 saturated heterocycles. The number of methoxy groups -OCH3 is 1. The van der Waals surface area contributed by atoms with E-state index in [0.717, 1.165) is 48.8 Å². The SMILES string of the molecule is COC1CCC2(CC1)Cc1ccc(B3OC(C)(C)C(C)(C)O3)cc1C21N=C(C)C(N)=N1. The fourth-order valence-corrected chi connectivity index (χ4v) is 5.81. The number of hydrogen-bond donors (Lipinski definition) is 1. The van der Waals surface area contributed by atoms with Crippen molar-refractivity contribution in [2.75, 3.05) is 7.11 Å². The number of nitrogens with two attached hydrogens (primary N) is 1.